The molecule has 1 fully saturated rings. The van der Waals surface area contributed by atoms with Crippen LogP contribution in [0.1, 0.15) is 6.42 Å². The third-order valence-electron chi connectivity index (χ3n) is 2.93. The van der Waals surface area contributed by atoms with Gasteiger partial charge in [0, 0.05) is 6.54 Å². The first-order chi connectivity index (χ1) is 8.49. The van der Waals surface area contributed by atoms with Gasteiger partial charge in [-0.2, -0.15) is 0 Å². The second-order valence-corrected chi connectivity index (χ2v) is 6.91. The van der Waals surface area contributed by atoms with Crippen molar-refractivity contribution in [3.63, 3.8) is 0 Å². The fourth-order valence-corrected chi connectivity index (χ4v) is 3.22. The molecule has 100 valence electrons. The molecule has 0 bridgehead atoms. The van der Waals surface area contributed by atoms with Gasteiger partial charge in [0.1, 0.15) is 5.82 Å². The number of benzene rings is 1. The summed E-state index contributed by atoms with van der Waals surface area (Å²) in [4.78, 5) is -0.0471. The molecule has 1 unspecified atom stereocenters. The third kappa shape index (κ3) is 3.28. The molecule has 7 heteroatoms. The molecule has 1 heterocycles. The predicted molar refractivity (Wildman–Crippen MR) is 70.3 cm³/mol. The Morgan fingerprint density at radius 3 is 2.89 bits per heavy atom. The molecule has 4 nitrogen and oxygen atoms in total. The van der Waals surface area contributed by atoms with Crippen molar-refractivity contribution in [1.29, 1.82) is 0 Å². The van der Waals surface area contributed by atoms with Crippen LogP contribution in [-0.2, 0) is 10.0 Å². The van der Waals surface area contributed by atoms with Crippen molar-refractivity contribution in [2.45, 2.75) is 11.3 Å². The molecular weight excluding hydrogens is 323 g/mol. The van der Waals surface area contributed by atoms with E-state index in [2.05, 4.69) is 26.0 Å². The largest absolute Gasteiger partial charge is 0.316 e. The highest BCUT2D eigenvalue weighted by Gasteiger charge is 2.20. The summed E-state index contributed by atoms with van der Waals surface area (Å²) in [5, 5.41) is 3.16. The van der Waals surface area contributed by atoms with Gasteiger partial charge in [-0.3, -0.25) is 0 Å². The maximum Gasteiger partial charge on any atom is 0.240 e. The maximum atomic E-state index is 13.3. The van der Waals surface area contributed by atoms with Crippen molar-refractivity contribution in [3.8, 4) is 0 Å². The number of hydrogen-bond donors (Lipinski definition) is 2. The van der Waals surface area contributed by atoms with Gasteiger partial charge in [0.15, 0.2) is 0 Å². The van der Waals surface area contributed by atoms with Crippen molar-refractivity contribution in [2.24, 2.45) is 5.92 Å². The van der Waals surface area contributed by atoms with E-state index in [1.54, 1.807) is 0 Å². The van der Waals surface area contributed by atoms with Crippen LogP contribution in [0.4, 0.5) is 4.39 Å². The van der Waals surface area contributed by atoms with Crippen LogP contribution in [0.5, 0.6) is 0 Å². The highest BCUT2D eigenvalue weighted by Crippen LogP contribution is 2.19. The lowest BCUT2D eigenvalue weighted by Gasteiger charge is -2.11. The first-order valence-corrected chi connectivity index (χ1v) is 7.92. The van der Waals surface area contributed by atoms with E-state index >= 15 is 0 Å². The van der Waals surface area contributed by atoms with Crippen LogP contribution in [0.2, 0.25) is 0 Å². The van der Waals surface area contributed by atoms with Gasteiger partial charge in [0.25, 0.3) is 0 Å². The highest BCUT2D eigenvalue weighted by atomic mass is 79.9. The molecule has 0 aliphatic carbocycles. The Morgan fingerprint density at radius 1 is 1.50 bits per heavy atom. The number of halogens is 2. The zero-order chi connectivity index (χ0) is 13.2. The van der Waals surface area contributed by atoms with Crippen LogP contribution in [0.15, 0.2) is 27.6 Å². The zero-order valence-electron chi connectivity index (χ0n) is 9.62. The smallest absolute Gasteiger partial charge is 0.240 e. The fraction of sp³-hybridized carbons (Fsp3) is 0.455. The second kappa shape index (κ2) is 5.64. The van der Waals surface area contributed by atoms with E-state index in [0.29, 0.717) is 12.5 Å². The Morgan fingerprint density at radius 2 is 2.28 bits per heavy atom. The second-order valence-electron chi connectivity index (χ2n) is 4.29. The lowest BCUT2D eigenvalue weighted by Crippen LogP contribution is -2.30. The van der Waals surface area contributed by atoms with Gasteiger partial charge < -0.3 is 5.32 Å². The Hall–Kier alpha value is -0.500. The van der Waals surface area contributed by atoms with Crippen molar-refractivity contribution in [1.82, 2.24) is 10.0 Å². The van der Waals surface area contributed by atoms with Crippen LogP contribution in [-0.4, -0.2) is 28.1 Å². The molecule has 18 heavy (non-hydrogen) atoms. The molecule has 2 N–H and O–H groups in total. The lowest BCUT2D eigenvalue weighted by atomic mass is 10.1. The standard InChI is InChI=1S/C11H14BrFN2O2S/c12-10-2-1-9(5-11(10)13)18(16,17)15-7-8-3-4-14-6-8/h1-2,5,8,14-15H,3-4,6-7H2. The Kier molecular flexibility index (Phi) is 4.37. The van der Waals surface area contributed by atoms with Crippen LogP contribution in [0.25, 0.3) is 0 Å². The molecule has 1 aliphatic heterocycles. The minimum atomic E-state index is -3.63. The van der Waals surface area contributed by atoms with Crippen molar-refractivity contribution >= 4 is 26.0 Å². The molecule has 1 aliphatic rings. The normalized spacial score (nSPS) is 20.2. The Bertz CT molecular complexity index is 530. The van der Waals surface area contributed by atoms with Crippen molar-refractivity contribution in [2.75, 3.05) is 19.6 Å². The van der Waals surface area contributed by atoms with E-state index in [4.69, 9.17) is 0 Å². The predicted octanol–water partition coefficient (Wildman–Crippen LogP) is 1.48. The minimum absolute atomic E-state index is 0.0471. The summed E-state index contributed by atoms with van der Waals surface area (Å²) in [5.41, 5.74) is 0. The van der Waals surface area contributed by atoms with Crippen LogP contribution < -0.4 is 10.0 Å². The lowest BCUT2D eigenvalue weighted by molar-refractivity contribution is 0.537. The topological polar surface area (TPSA) is 58.2 Å². The average Bonchev–Trinajstić information content (AvgIpc) is 2.83. The Balaban J connectivity index is 2.07. The van der Waals surface area contributed by atoms with E-state index < -0.39 is 15.8 Å². The molecular formula is C11H14BrFN2O2S. The highest BCUT2D eigenvalue weighted by molar-refractivity contribution is 9.10. The molecule has 2 rings (SSSR count). The summed E-state index contributed by atoms with van der Waals surface area (Å²) >= 11 is 2.99. The van der Waals surface area contributed by atoms with E-state index in [0.717, 1.165) is 25.6 Å². The molecule has 0 spiro atoms. The molecule has 1 aromatic rings. The van der Waals surface area contributed by atoms with Gasteiger partial charge in [-0.1, -0.05) is 0 Å². The van der Waals surface area contributed by atoms with Gasteiger partial charge in [0.05, 0.1) is 9.37 Å². The van der Waals surface area contributed by atoms with E-state index in [1.165, 1.54) is 12.1 Å². The summed E-state index contributed by atoms with van der Waals surface area (Å²) < 4.78 is 39.9. The first kappa shape index (κ1) is 13.9. The van der Waals surface area contributed by atoms with Gasteiger partial charge in [-0.05, 0) is 59.6 Å². The minimum Gasteiger partial charge on any atom is -0.316 e. The molecule has 0 saturated carbocycles. The average molecular weight is 337 g/mol. The van der Waals surface area contributed by atoms with Crippen molar-refractivity contribution in [3.05, 3.63) is 28.5 Å². The summed E-state index contributed by atoms with van der Waals surface area (Å²) in [7, 11) is -3.63. The molecule has 1 saturated heterocycles. The molecule has 1 aromatic carbocycles. The summed E-state index contributed by atoms with van der Waals surface area (Å²) in [6.45, 7) is 2.11. The number of rotatable bonds is 4. The molecule has 0 amide bonds. The first-order valence-electron chi connectivity index (χ1n) is 5.64. The molecule has 0 aromatic heterocycles. The SMILES string of the molecule is O=S(=O)(NCC1CCNC1)c1ccc(Br)c(F)c1. The molecule has 0 radical (unpaired) electrons. The third-order valence-corrected chi connectivity index (χ3v) is 4.99. The van der Waals surface area contributed by atoms with E-state index in [1.807, 2.05) is 0 Å². The monoisotopic (exact) mass is 336 g/mol. The maximum absolute atomic E-state index is 13.3. The van der Waals surface area contributed by atoms with E-state index in [-0.39, 0.29) is 9.37 Å². The Labute approximate surface area is 114 Å². The fourth-order valence-electron chi connectivity index (χ4n) is 1.84. The van der Waals surface area contributed by atoms with Crippen LogP contribution >= 0.6 is 15.9 Å². The van der Waals surface area contributed by atoms with Gasteiger partial charge in [0.2, 0.25) is 10.0 Å². The summed E-state index contributed by atoms with van der Waals surface area (Å²) in [5.74, 6) is -0.277. The van der Waals surface area contributed by atoms with Crippen molar-refractivity contribution < 1.29 is 12.8 Å². The van der Waals surface area contributed by atoms with Crippen LogP contribution in [0, 0.1) is 11.7 Å². The molecule has 1 atom stereocenters. The number of nitrogens with one attached hydrogen (secondary N) is 2. The summed E-state index contributed by atoms with van der Waals surface area (Å²) in [6.07, 6.45) is 0.956. The number of sulfonamides is 1. The van der Waals surface area contributed by atoms with Gasteiger partial charge >= 0.3 is 0 Å². The summed E-state index contributed by atoms with van der Waals surface area (Å²) in [6, 6.07) is 3.78. The zero-order valence-corrected chi connectivity index (χ0v) is 12.0. The van der Waals surface area contributed by atoms with E-state index in [9.17, 15) is 12.8 Å². The van der Waals surface area contributed by atoms with Gasteiger partial charge in [-0.15, -0.1) is 0 Å². The quantitative estimate of drug-likeness (QED) is 0.875. The van der Waals surface area contributed by atoms with Gasteiger partial charge in [-0.25, -0.2) is 17.5 Å². The van der Waals surface area contributed by atoms with Crippen LogP contribution in [0.3, 0.4) is 0 Å². The number of hydrogen-bond acceptors (Lipinski definition) is 3.